The summed E-state index contributed by atoms with van der Waals surface area (Å²) in [6.07, 6.45) is 3.13. The molecule has 0 spiro atoms. The fourth-order valence-electron chi connectivity index (χ4n) is 2.38. The van der Waals surface area contributed by atoms with Gasteiger partial charge >= 0.3 is 5.97 Å². The van der Waals surface area contributed by atoms with Gasteiger partial charge in [-0.25, -0.2) is 0 Å². The summed E-state index contributed by atoms with van der Waals surface area (Å²) in [5.74, 6) is -0.702. The SMILES string of the molecule is CC1(C(=O)O)CCN(CCn2ccccc2=O)CC1. The number of piperidine rings is 1. The molecule has 0 saturated carbocycles. The topological polar surface area (TPSA) is 62.5 Å². The van der Waals surface area contributed by atoms with Gasteiger partial charge in [-0.15, -0.1) is 0 Å². The van der Waals surface area contributed by atoms with Crippen LogP contribution in [0, 0.1) is 5.41 Å². The van der Waals surface area contributed by atoms with Crippen molar-refractivity contribution >= 4 is 5.97 Å². The van der Waals surface area contributed by atoms with Gasteiger partial charge in [-0.05, 0) is 38.9 Å². The molecule has 0 aromatic carbocycles. The zero-order chi connectivity index (χ0) is 13.9. The highest BCUT2D eigenvalue weighted by Crippen LogP contribution is 2.30. The van der Waals surface area contributed by atoms with E-state index in [1.54, 1.807) is 22.9 Å². The molecule has 5 nitrogen and oxygen atoms in total. The number of carbonyl (C=O) groups is 1. The van der Waals surface area contributed by atoms with Crippen LogP contribution >= 0.6 is 0 Å². The predicted molar refractivity (Wildman–Crippen MR) is 72.1 cm³/mol. The van der Waals surface area contributed by atoms with E-state index in [9.17, 15) is 9.59 Å². The van der Waals surface area contributed by atoms with Crippen LogP contribution in [0.4, 0.5) is 0 Å². The molecule has 2 rings (SSSR count). The van der Waals surface area contributed by atoms with Gasteiger partial charge in [0, 0.05) is 25.4 Å². The molecular weight excluding hydrogens is 244 g/mol. The summed E-state index contributed by atoms with van der Waals surface area (Å²) < 4.78 is 1.69. The summed E-state index contributed by atoms with van der Waals surface area (Å²) in [7, 11) is 0. The van der Waals surface area contributed by atoms with Crippen molar-refractivity contribution in [3.63, 3.8) is 0 Å². The van der Waals surface area contributed by atoms with Gasteiger partial charge in [0.25, 0.3) is 5.56 Å². The number of pyridine rings is 1. The molecule has 1 fully saturated rings. The van der Waals surface area contributed by atoms with E-state index in [1.165, 1.54) is 0 Å². The molecule has 0 atom stereocenters. The second-order valence-electron chi connectivity index (χ2n) is 5.44. The average Bonchev–Trinajstić information content (AvgIpc) is 2.40. The zero-order valence-electron chi connectivity index (χ0n) is 11.2. The van der Waals surface area contributed by atoms with Gasteiger partial charge in [0.15, 0.2) is 0 Å². The number of aromatic nitrogens is 1. The second-order valence-corrected chi connectivity index (χ2v) is 5.44. The average molecular weight is 264 g/mol. The van der Waals surface area contributed by atoms with Crippen LogP contribution in [0.5, 0.6) is 0 Å². The van der Waals surface area contributed by atoms with E-state index in [2.05, 4.69) is 4.90 Å². The first-order chi connectivity index (χ1) is 9.01. The van der Waals surface area contributed by atoms with Crippen LogP contribution in [0.1, 0.15) is 19.8 Å². The predicted octanol–water partition coefficient (Wildman–Crippen LogP) is 1.03. The number of nitrogens with zero attached hydrogens (tertiary/aromatic N) is 2. The minimum atomic E-state index is -0.702. The first-order valence-electron chi connectivity index (χ1n) is 6.62. The summed E-state index contributed by atoms with van der Waals surface area (Å²) in [5.41, 5.74) is -0.574. The molecule has 104 valence electrons. The molecule has 5 heteroatoms. The third kappa shape index (κ3) is 3.23. The van der Waals surface area contributed by atoms with E-state index in [1.807, 2.05) is 13.0 Å². The van der Waals surface area contributed by atoms with Crippen LogP contribution in [-0.4, -0.2) is 40.2 Å². The van der Waals surface area contributed by atoms with Crippen molar-refractivity contribution in [3.05, 3.63) is 34.7 Å². The standard InChI is InChI=1S/C14H20N2O3/c1-14(13(18)19)5-8-15(9-6-14)10-11-16-7-3-2-4-12(16)17/h2-4,7H,5-6,8-11H2,1H3,(H,18,19). The van der Waals surface area contributed by atoms with Gasteiger partial charge < -0.3 is 14.6 Å². The Morgan fingerprint density at radius 3 is 2.58 bits per heavy atom. The highest BCUT2D eigenvalue weighted by Gasteiger charge is 2.36. The van der Waals surface area contributed by atoms with Gasteiger partial charge in [-0.1, -0.05) is 6.07 Å². The molecule has 0 bridgehead atoms. The summed E-state index contributed by atoms with van der Waals surface area (Å²) in [4.78, 5) is 24.9. The monoisotopic (exact) mass is 264 g/mol. The van der Waals surface area contributed by atoms with E-state index in [4.69, 9.17) is 5.11 Å². The van der Waals surface area contributed by atoms with E-state index < -0.39 is 11.4 Å². The van der Waals surface area contributed by atoms with E-state index >= 15 is 0 Å². The van der Waals surface area contributed by atoms with Crippen molar-refractivity contribution in [2.24, 2.45) is 5.41 Å². The van der Waals surface area contributed by atoms with Crippen molar-refractivity contribution in [3.8, 4) is 0 Å². The van der Waals surface area contributed by atoms with Crippen LogP contribution in [-0.2, 0) is 11.3 Å². The van der Waals surface area contributed by atoms with Gasteiger partial charge in [0.05, 0.1) is 5.41 Å². The lowest BCUT2D eigenvalue weighted by atomic mass is 9.80. The maximum Gasteiger partial charge on any atom is 0.309 e. The Morgan fingerprint density at radius 1 is 1.32 bits per heavy atom. The lowest BCUT2D eigenvalue weighted by molar-refractivity contribution is -0.150. The van der Waals surface area contributed by atoms with Crippen molar-refractivity contribution in [2.75, 3.05) is 19.6 Å². The molecule has 0 unspecified atom stereocenters. The lowest BCUT2D eigenvalue weighted by Gasteiger charge is -2.36. The molecule has 0 amide bonds. The molecule has 0 aliphatic carbocycles. The summed E-state index contributed by atoms with van der Waals surface area (Å²) >= 11 is 0. The fourth-order valence-corrected chi connectivity index (χ4v) is 2.38. The summed E-state index contributed by atoms with van der Waals surface area (Å²) in [6.45, 7) is 4.83. The van der Waals surface area contributed by atoms with E-state index in [-0.39, 0.29) is 5.56 Å². The maximum absolute atomic E-state index is 11.6. The first-order valence-corrected chi connectivity index (χ1v) is 6.62. The minimum absolute atomic E-state index is 0.00915. The Labute approximate surface area is 112 Å². The quantitative estimate of drug-likeness (QED) is 0.882. The minimum Gasteiger partial charge on any atom is -0.481 e. The largest absolute Gasteiger partial charge is 0.481 e. The van der Waals surface area contributed by atoms with E-state index in [0.717, 1.165) is 19.6 Å². The zero-order valence-corrected chi connectivity index (χ0v) is 11.2. The Morgan fingerprint density at radius 2 is 2.00 bits per heavy atom. The molecule has 1 aliphatic heterocycles. The normalized spacial score (nSPS) is 19.2. The van der Waals surface area contributed by atoms with Gasteiger partial charge in [-0.3, -0.25) is 9.59 Å². The molecule has 1 aromatic rings. The van der Waals surface area contributed by atoms with Crippen molar-refractivity contribution in [1.29, 1.82) is 0 Å². The molecule has 2 heterocycles. The second kappa shape index (κ2) is 5.57. The maximum atomic E-state index is 11.6. The lowest BCUT2D eigenvalue weighted by Crippen LogP contribution is -2.44. The van der Waals surface area contributed by atoms with Crippen LogP contribution in [0.2, 0.25) is 0 Å². The molecule has 0 radical (unpaired) electrons. The number of aliphatic carboxylic acids is 1. The third-order valence-corrected chi connectivity index (χ3v) is 4.03. The molecule has 1 N–H and O–H groups in total. The van der Waals surface area contributed by atoms with E-state index in [0.29, 0.717) is 19.4 Å². The number of likely N-dealkylation sites (tertiary alicyclic amines) is 1. The molecule has 1 aromatic heterocycles. The summed E-state index contributed by atoms with van der Waals surface area (Å²) in [6, 6.07) is 5.13. The third-order valence-electron chi connectivity index (χ3n) is 4.03. The molecule has 19 heavy (non-hydrogen) atoms. The van der Waals surface area contributed by atoms with Crippen LogP contribution < -0.4 is 5.56 Å². The summed E-state index contributed by atoms with van der Waals surface area (Å²) in [5, 5.41) is 9.16. The van der Waals surface area contributed by atoms with Crippen LogP contribution in [0.25, 0.3) is 0 Å². The highest BCUT2D eigenvalue weighted by atomic mass is 16.4. The van der Waals surface area contributed by atoms with Gasteiger partial charge in [0.1, 0.15) is 0 Å². The number of carboxylic acid groups (broad SMARTS) is 1. The number of hydrogen-bond donors (Lipinski definition) is 1. The first kappa shape index (κ1) is 13.8. The van der Waals surface area contributed by atoms with Crippen molar-refractivity contribution in [2.45, 2.75) is 26.3 Å². The number of carboxylic acids is 1. The van der Waals surface area contributed by atoms with Crippen molar-refractivity contribution in [1.82, 2.24) is 9.47 Å². The Hall–Kier alpha value is -1.62. The number of hydrogen-bond acceptors (Lipinski definition) is 3. The molecular formula is C14H20N2O3. The van der Waals surface area contributed by atoms with Crippen LogP contribution in [0.3, 0.4) is 0 Å². The fraction of sp³-hybridized carbons (Fsp3) is 0.571. The molecule has 1 aliphatic rings. The highest BCUT2D eigenvalue weighted by molar-refractivity contribution is 5.74. The van der Waals surface area contributed by atoms with Gasteiger partial charge in [-0.2, -0.15) is 0 Å². The number of rotatable bonds is 4. The van der Waals surface area contributed by atoms with Crippen molar-refractivity contribution < 1.29 is 9.90 Å². The Bertz CT molecular complexity index is 501. The van der Waals surface area contributed by atoms with Crippen LogP contribution in [0.15, 0.2) is 29.2 Å². The Kier molecular flexibility index (Phi) is 4.04. The molecule has 1 saturated heterocycles. The van der Waals surface area contributed by atoms with Gasteiger partial charge in [0.2, 0.25) is 0 Å². The smallest absolute Gasteiger partial charge is 0.309 e. The Balaban J connectivity index is 1.85.